The summed E-state index contributed by atoms with van der Waals surface area (Å²) in [6.45, 7) is 7.47. The highest BCUT2D eigenvalue weighted by Crippen LogP contribution is 2.23. The molecule has 0 aliphatic carbocycles. The van der Waals surface area contributed by atoms with E-state index in [0.29, 0.717) is 11.3 Å². The number of benzene rings is 1. The molecule has 0 amide bonds. The smallest absolute Gasteiger partial charge is 0.136 e. The zero-order valence-corrected chi connectivity index (χ0v) is 11.9. The lowest BCUT2D eigenvalue weighted by Crippen LogP contribution is -2.39. The average Bonchev–Trinajstić information content (AvgIpc) is 2.38. The van der Waals surface area contributed by atoms with Crippen molar-refractivity contribution >= 4 is 0 Å². The molecular formula is C15H22N2O. The van der Waals surface area contributed by atoms with Gasteiger partial charge in [0.1, 0.15) is 11.8 Å². The number of nitrogens with zero attached hydrogens (tertiary/aromatic N) is 2. The molecule has 3 heteroatoms. The summed E-state index contributed by atoms with van der Waals surface area (Å²) in [6, 6.07) is 7.95. The molecule has 98 valence electrons. The Morgan fingerprint density at radius 2 is 2.06 bits per heavy atom. The van der Waals surface area contributed by atoms with Gasteiger partial charge in [-0.1, -0.05) is 13.0 Å². The Kier molecular flexibility index (Phi) is 4.75. The van der Waals surface area contributed by atoms with Crippen LogP contribution in [0, 0.1) is 11.3 Å². The van der Waals surface area contributed by atoms with Crippen LogP contribution in [0.2, 0.25) is 0 Å². The van der Waals surface area contributed by atoms with E-state index in [1.807, 2.05) is 18.2 Å². The number of methoxy groups -OCH3 is 1. The van der Waals surface area contributed by atoms with Crippen molar-refractivity contribution in [2.24, 2.45) is 0 Å². The number of nitriles is 1. The first-order valence-electron chi connectivity index (χ1n) is 6.23. The Balaban J connectivity index is 2.90. The second kappa shape index (κ2) is 5.88. The maximum absolute atomic E-state index is 9.07. The minimum atomic E-state index is 0.159. The molecule has 0 bridgehead atoms. The van der Waals surface area contributed by atoms with Crippen LogP contribution in [0.3, 0.4) is 0 Å². The van der Waals surface area contributed by atoms with Crippen molar-refractivity contribution < 1.29 is 4.74 Å². The zero-order valence-electron chi connectivity index (χ0n) is 11.9. The van der Waals surface area contributed by atoms with Crippen molar-refractivity contribution in [1.29, 1.82) is 5.26 Å². The normalized spacial score (nSPS) is 11.4. The van der Waals surface area contributed by atoms with E-state index in [0.717, 1.165) is 18.5 Å². The topological polar surface area (TPSA) is 36.3 Å². The van der Waals surface area contributed by atoms with E-state index in [4.69, 9.17) is 10.00 Å². The predicted molar refractivity (Wildman–Crippen MR) is 73.5 cm³/mol. The molecule has 0 saturated heterocycles. The fourth-order valence-electron chi connectivity index (χ4n) is 1.70. The SMILES string of the molecule is CCC(C)(C)N(C)Cc1ccc(OC)c(C#N)c1. The van der Waals surface area contributed by atoms with Gasteiger partial charge in [0, 0.05) is 12.1 Å². The molecule has 1 aromatic carbocycles. The Labute approximate surface area is 110 Å². The highest BCUT2D eigenvalue weighted by Gasteiger charge is 2.21. The quantitative estimate of drug-likeness (QED) is 0.800. The number of ether oxygens (including phenoxy) is 1. The molecule has 0 aromatic heterocycles. The Morgan fingerprint density at radius 1 is 1.39 bits per heavy atom. The van der Waals surface area contributed by atoms with Crippen molar-refractivity contribution in [3.8, 4) is 11.8 Å². The molecule has 0 heterocycles. The highest BCUT2D eigenvalue weighted by atomic mass is 16.5. The largest absolute Gasteiger partial charge is 0.495 e. The summed E-state index contributed by atoms with van der Waals surface area (Å²) in [5, 5.41) is 9.07. The molecule has 0 saturated carbocycles. The van der Waals surface area contributed by atoms with Gasteiger partial charge in [-0.05, 0) is 45.0 Å². The van der Waals surface area contributed by atoms with E-state index < -0.39 is 0 Å². The van der Waals surface area contributed by atoms with Crippen LogP contribution >= 0.6 is 0 Å². The van der Waals surface area contributed by atoms with Crippen molar-refractivity contribution in [2.75, 3.05) is 14.2 Å². The van der Waals surface area contributed by atoms with E-state index in [9.17, 15) is 0 Å². The van der Waals surface area contributed by atoms with Gasteiger partial charge in [0.05, 0.1) is 12.7 Å². The van der Waals surface area contributed by atoms with Gasteiger partial charge in [0.15, 0.2) is 0 Å². The highest BCUT2D eigenvalue weighted by molar-refractivity contribution is 5.45. The van der Waals surface area contributed by atoms with Crippen LogP contribution in [0.15, 0.2) is 18.2 Å². The fraction of sp³-hybridized carbons (Fsp3) is 0.533. The van der Waals surface area contributed by atoms with E-state index in [1.165, 1.54) is 0 Å². The van der Waals surface area contributed by atoms with Crippen LogP contribution in [-0.2, 0) is 6.54 Å². The first-order valence-corrected chi connectivity index (χ1v) is 6.23. The number of rotatable bonds is 5. The Hall–Kier alpha value is -1.53. The molecule has 1 aromatic rings. The lowest BCUT2D eigenvalue weighted by atomic mass is 9.99. The first kappa shape index (κ1) is 14.5. The van der Waals surface area contributed by atoms with Gasteiger partial charge < -0.3 is 4.74 Å². The standard InChI is InChI=1S/C15H22N2O/c1-6-15(2,3)17(4)11-12-7-8-14(18-5)13(9-12)10-16/h7-9H,6,11H2,1-5H3. The van der Waals surface area contributed by atoms with Crippen molar-refractivity contribution in [2.45, 2.75) is 39.3 Å². The molecular weight excluding hydrogens is 224 g/mol. The van der Waals surface area contributed by atoms with Gasteiger partial charge in [-0.15, -0.1) is 0 Å². The number of hydrogen-bond donors (Lipinski definition) is 0. The van der Waals surface area contributed by atoms with E-state index >= 15 is 0 Å². The molecule has 18 heavy (non-hydrogen) atoms. The van der Waals surface area contributed by atoms with E-state index in [-0.39, 0.29) is 5.54 Å². The third-order valence-electron chi connectivity index (χ3n) is 3.70. The van der Waals surface area contributed by atoms with Crippen molar-refractivity contribution in [3.63, 3.8) is 0 Å². The molecule has 0 unspecified atom stereocenters. The average molecular weight is 246 g/mol. The summed E-state index contributed by atoms with van der Waals surface area (Å²) in [6.07, 6.45) is 1.09. The molecule has 0 spiro atoms. The summed E-state index contributed by atoms with van der Waals surface area (Å²) in [4.78, 5) is 2.30. The van der Waals surface area contributed by atoms with Gasteiger partial charge in [0.2, 0.25) is 0 Å². The summed E-state index contributed by atoms with van der Waals surface area (Å²) in [5.74, 6) is 0.638. The third-order valence-corrected chi connectivity index (χ3v) is 3.70. The van der Waals surface area contributed by atoms with Crippen LogP contribution in [0.5, 0.6) is 5.75 Å². The van der Waals surface area contributed by atoms with E-state index in [1.54, 1.807) is 7.11 Å². The lowest BCUT2D eigenvalue weighted by Gasteiger charge is -2.34. The molecule has 0 aliphatic heterocycles. The lowest BCUT2D eigenvalue weighted by molar-refractivity contribution is 0.143. The molecule has 0 radical (unpaired) electrons. The minimum Gasteiger partial charge on any atom is -0.495 e. The molecule has 0 aliphatic rings. The monoisotopic (exact) mass is 246 g/mol. The van der Waals surface area contributed by atoms with Crippen LogP contribution in [0.1, 0.15) is 38.3 Å². The minimum absolute atomic E-state index is 0.159. The second-order valence-electron chi connectivity index (χ2n) is 5.17. The second-order valence-corrected chi connectivity index (χ2v) is 5.17. The molecule has 0 fully saturated rings. The van der Waals surface area contributed by atoms with Crippen molar-refractivity contribution in [3.05, 3.63) is 29.3 Å². The van der Waals surface area contributed by atoms with Crippen LogP contribution < -0.4 is 4.74 Å². The van der Waals surface area contributed by atoms with Gasteiger partial charge in [-0.3, -0.25) is 4.90 Å². The van der Waals surface area contributed by atoms with Gasteiger partial charge in [-0.2, -0.15) is 5.26 Å². The van der Waals surface area contributed by atoms with Crippen molar-refractivity contribution in [1.82, 2.24) is 4.90 Å². The molecule has 0 atom stereocenters. The summed E-state index contributed by atoms with van der Waals surface area (Å²) < 4.78 is 5.15. The van der Waals surface area contributed by atoms with Crippen LogP contribution in [0.4, 0.5) is 0 Å². The zero-order chi connectivity index (χ0) is 13.8. The summed E-state index contributed by atoms with van der Waals surface area (Å²) in [5.41, 5.74) is 1.89. The molecule has 1 rings (SSSR count). The Morgan fingerprint density at radius 3 is 2.56 bits per heavy atom. The maximum Gasteiger partial charge on any atom is 0.136 e. The van der Waals surface area contributed by atoms with Gasteiger partial charge >= 0.3 is 0 Å². The van der Waals surface area contributed by atoms with Gasteiger partial charge in [0.25, 0.3) is 0 Å². The van der Waals surface area contributed by atoms with E-state index in [2.05, 4.69) is 38.8 Å². The number of hydrogen-bond acceptors (Lipinski definition) is 3. The summed E-state index contributed by atoms with van der Waals surface area (Å²) >= 11 is 0. The summed E-state index contributed by atoms with van der Waals surface area (Å²) in [7, 11) is 3.70. The maximum atomic E-state index is 9.07. The molecule has 0 N–H and O–H groups in total. The Bertz CT molecular complexity index is 446. The molecule has 3 nitrogen and oxygen atoms in total. The predicted octanol–water partition coefficient (Wildman–Crippen LogP) is 3.19. The van der Waals surface area contributed by atoms with Crippen LogP contribution in [-0.4, -0.2) is 24.6 Å². The first-order chi connectivity index (χ1) is 8.44. The van der Waals surface area contributed by atoms with Gasteiger partial charge in [-0.25, -0.2) is 0 Å². The van der Waals surface area contributed by atoms with Crippen LogP contribution in [0.25, 0.3) is 0 Å². The third kappa shape index (κ3) is 3.24. The fourth-order valence-corrected chi connectivity index (χ4v) is 1.70.